The van der Waals surface area contributed by atoms with Gasteiger partial charge in [0, 0.05) is 23.5 Å². The predicted octanol–water partition coefficient (Wildman–Crippen LogP) is 4.57. The lowest BCUT2D eigenvalue weighted by Crippen LogP contribution is -2.07. The summed E-state index contributed by atoms with van der Waals surface area (Å²) in [7, 11) is 0. The van der Waals surface area contributed by atoms with Crippen LogP contribution in [-0.2, 0) is 6.18 Å². The number of pyridine rings is 1. The van der Waals surface area contributed by atoms with Crippen LogP contribution >= 0.6 is 0 Å². The number of phenolic OH excluding ortho intramolecular Hbond substituents is 1. The summed E-state index contributed by atoms with van der Waals surface area (Å²) in [4.78, 5) is 15.2. The zero-order chi connectivity index (χ0) is 20.3. The van der Waals surface area contributed by atoms with Gasteiger partial charge in [0.25, 0.3) is 0 Å². The molecule has 2 N–H and O–H groups in total. The number of carbonyl (C=O) groups is 1. The number of rotatable bonds is 2. The van der Waals surface area contributed by atoms with E-state index >= 15 is 0 Å². The van der Waals surface area contributed by atoms with E-state index in [-0.39, 0.29) is 11.1 Å². The zero-order valence-electron chi connectivity index (χ0n) is 14.2. The van der Waals surface area contributed by atoms with E-state index in [4.69, 9.17) is 0 Å². The van der Waals surface area contributed by atoms with Crippen molar-refractivity contribution in [2.45, 2.75) is 6.18 Å². The molecule has 1 heterocycles. The molecule has 140 valence electrons. The summed E-state index contributed by atoms with van der Waals surface area (Å²) in [6, 6.07) is 10.3. The third-order valence-electron chi connectivity index (χ3n) is 3.90. The molecule has 4 nitrogen and oxygen atoms in total. The molecule has 0 saturated carbocycles. The van der Waals surface area contributed by atoms with Gasteiger partial charge in [-0.1, -0.05) is 11.8 Å². The molecule has 0 aliphatic heterocycles. The van der Waals surface area contributed by atoms with Gasteiger partial charge in [0.05, 0.1) is 11.1 Å². The Labute approximate surface area is 157 Å². The summed E-state index contributed by atoms with van der Waals surface area (Å²) in [5.74, 6) is 3.51. The van der Waals surface area contributed by atoms with Crippen LogP contribution in [0.5, 0.6) is 5.75 Å². The molecular weight excluding hydrogens is 371 g/mol. The van der Waals surface area contributed by atoms with Gasteiger partial charge in [-0.3, -0.25) is 4.98 Å². The molecule has 0 radical (unpaired) electrons. The molecule has 0 fully saturated rings. The number of aromatic hydroxyl groups is 1. The Balaban J connectivity index is 2.14. The van der Waals surface area contributed by atoms with Crippen molar-refractivity contribution in [1.82, 2.24) is 4.98 Å². The first kappa shape index (κ1) is 19.0. The van der Waals surface area contributed by atoms with E-state index in [9.17, 15) is 28.2 Å². The fourth-order valence-electron chi connectivity index (χ4n) is 2.57. The van der Waals surface area contributed by atoms with E-state index in [1.165, 1.54) is 30.6 Å². The van der Waals surface area contributed by atoms with Crippen LogP contribution in [0.25, 0.3) is 11.1 Å². The molecule has 0 bridgehead atoms. The first-order chi connectivity index (χ1) is 13.3. The first-order valence-electron chi connectivity index (χ1n) is 7.95. The summed E-state index contributed by atoms with van der Waals surface area (Å²) in [6.07, 6.45) is -1.65. The third kappa shape index (κ3) is 4.13. The molecule has 3 rings (SSSR count). The van der Waals surface area contributed by atoms with Gasteiger partial charge in [-0.15, -0.1) is 0 Å². The van der Waals surface area contributed by atoms with Crippen molar-refractivity contribution in [2.24, 2.45) is 0 Å². The summed E-state index contributed by atoms with van der Waals surface area (Å²) in [5.41, 5.74) is 0.127. The number of hydrogen-bond acceptors (Lipinski definition) is 3. The fraction of sp³-hybridized carbons (Fsp3) is 0.0476. The largest absolute Gasteiger partial charge is 0.508 e. The van der Waals surface area contributed by atoms with Crippen molar-refractivity contribution < 1.29 is 28.2 Å². The molecule has 1 aromatic heterocycles. The number of aromatic carboxylic acids is 1. The molecule has 0 atom stereocenters. The molecule has 2 aromatic carbocycles. The van der Waals surface area contributed by atoms with Crippen molar-refractivity contribution >= 4 is 5.97 Å². The number of benzene rings is 2. The van der Waals surface area contributed by atoms with E-state index < -0.39 is 23.5 Å². The van der Waals surface area contributed by atoms with Crippen LogP contribution in [0.15, 0.2) is 60.9 Å². The Morgan fingerprint density at radius 2 is 1.57 bits per heavy atom. The Morgan fingerprint density at radius 3 is 2.21 bits per heavy atom. The molecule has 28 heavy (non-hydrogen) atoms. The van der Waals surface area contributed by atoms with Crippen LogP contribution in [-0.4, -0.2) is 21.2 Å². The standard InChI is InChI=1S/C21H12F3NO3/c22-21(23,24)19-12-17(26)6-5-15(19)3-1-13-2-4-16(20(27)28)11-18(13)14-7-9-25-10-8-14/h2,4-12,26H,(H,27,28). The number of hydrogen-bond donors (Lipinski definition) is 2. The van der Waals surface area contributed by atoms with Crippen molar-refractivity contribution in [3.63, 3.8) is 0 Å². The smallest absolute Gasteiger partial charge is 0.417 e. The number of carboxylic acids is 1. The van der Waals surface area contributed by atoms with E-state index in [2.05, 4.69) is 16.8 Å². The maximum absolute atomic E-state index is 13.2. The highest BCUT2D eigenvalue weighted by atomic mass is 19.4. The van der Waals surface area contributed by atoms with Crippen LogP contribution in [0.1, 0.15) is 27.0 Å². The third-order valence-corrected chi connectivity index (χ3v) is 3.90. The maximum Gasteiger partial charge on any atom is 0.417 e. The van der Waals surface area contributed by atoms with E-state index in [0.29, 0.717) is 22.8 Å². The lowest BCUT2D eigenvalue weighted by Gasteiger charge is -2.09. The number of nitrogens with zero attached hydrogens (tertiary/aromatic N) is 1. The second-order valence-electron chi connectivity index (χ2n) is 5.78. The monoisotopic (exact) mass is 383 g/mol. The lowest BCUT2D eigenvalue weighted by molar-refractivity contribution is -0.137. The number of phenols is 1. The quantitative estimate of drug-likeness (QED) is 0.636. The van der Waals surface area contributed by atoms with Gasteiger partial charge in [0.15, 0.2) is 0 Å². The van der Waals surface area contributed by atoms with E-state index in [1.54, 1.807) is 12.1 Å². The van der Waals surface area contributed by atoms with Crippen molar-refractivity contribution in [3.05, 3.63) is 83.2 Å². The van der Waals surface area contributed by atoms with Gasteiger partial charge in [-0.05, 0) is 59.7 Å². The van der Waals surface area contributed by atoms with E-state index in [1.807, 2.05) is 0 Å². The van der Waals surface area contributed by atoms with Crippen LogP contribution in [0.3, 0.4) is 0 Å². The van der Waals surface area contributed by atoms with Crippen molar-refractivity contribution in [2.75, 3.05) is 0 Å². The number of aromatic nitrogens is 1. The number of halogens is 3. The molecule has 0 saturated heterocycles. The van der Waals surface area contributed by atoms with Gasteiger partial charge < -0.3 is 10.2 Å². The summed E-state index contributed by atoms with van der Waals surface area (Å²) < 4.78 is 39.6. The van der Waals surface area contributed by atoms with Crippen molar-refractivity contribution in [1.29, 1.82) is 0 Å². The van der Waals surface area contributed by atoms with Crippen LogP contribution in [0.2, 0.25) is 0 Å². The molecular formula is C21H12F3NO3. The minimum atomic E-state index is -4.68. The van der Waals surface area contributed by atoms with Gasteiger partial charge >= 0.3 is 12.1 Å². The van der Waals surface area contributed by atoms with E-state index in [0.717, 1.165) is 12.1 Å². The number of alkyl halides is 3. The second-order valence-corrected chi connectivity index (χ2v) is 5.78. The molecule has 0 aliphatic carbocycles. The second kappa shape index (κ2) is 7.45. The molecule has 7 heteroatoms. The zero-order valence-corrected chi connectivity index (χ0v) is 14.2. The molecule has 0 amide bonds. The van der Waals surface area contributed by atoms with Gasteiger partial charge in [-0.2, -0.15) is 13.2 Å². The Hall–Kier alpha value is -3.79. The summed E-state index contributed by atoms with van der Waals surface area (Å²) in [6.45, 7) is 0. The minimum absolute atomic E-state index is 0.0259. The van der Waals surface area contributed by atoms with Crippen LogP contribution < -0.4 is 0 Å². The summed E-state index contributed by atoms with van der Waals surface area (Å²) in [5, 5.41) is 18.6. The normalized spacial score (nSPS) is 10.8. The molecule has 0 unspecified atom stereocenters. The first-order valence-corrected chi connectivity index (χ1v) is 7.95. The minimum Gasteiger partial charge on any atom is -0.508 e. The number of carboxylic acid groups (broad SMARTS) is 1. The fourth-order valence-corrected chi connectivity index (χ4v) is 2.57. The Bertz CT molecular complexity index is 1100. The Kier molecular flexibility index (Phi) is 5.05. The average Bonchev–Trinajstić information content (AvgIpc) is 2.66. The summed E-state index contributed by atoms with van der Waals surface area (Å²) >= 11 is 0. The van der Waals surface area contributed by atoms with Gasteiger partial charge in [-0.25, -0.2) is 4.79 Å². The molecule has 3 aromatic rings. The average molecular weight is 383 g/mol. The highest BCUT2D eigenvalue weighted by molar-refractivity contribution is 5.90. The lowest BCUT2D eigenvalue weighted by atomic mass is 9.97. The molecule has 0 spiro atoms. The highest BCUT2D eigenvalue weighted by Gasteiger charge is 2.33. The SMILES string of the molecule is O=C(O)c1ccc(C#Cc2ccc(O)cc2C(F)(F)F)c(-c2ccncc2)c1. The highest BCUT2D eigenvalue weighted by Crippen LogP contribution is 2.34. The van der Waals surface area contributed by atoms with Gasteiger partial charge in [0.2, 0.25) is 0 Å². The van der Waals surface area contributed by atoms with Crippen molar-refractivity contribution in [3.8, 4) is 28.7 Å². The topological polar surface area (TPSA) is 70.4 Å². The van der Waals surface area contributed by atoms with Crippen LogP contribution in [0.4, 0.5) is 13.2 Å². The predicted molar refractivity (Wildman–Crippen MR) is 95.7 cm³/mol. The Morgan fingerprint density at radius 1 is 0.929 bits per heavy atom. The molecule has 0 aliphatic rings. The maximum atomic E-state index is 13.2. The van der Waals surface area contributed by atoms with Crippen LogP contribution in [0, 0.1) is 11.8 Å². The van der Waals surface area contributed by atoms with Gasteiger partial charge in [0.1, 0.15) is 5.75 Å².